The average molecular weight is 294 g/mol. The summed E-state index contributed by atoms with van der Waals surface area (Å²) in [5.41, 5.74) is 3.77. The first-order valence-corrected chi connectivity index (χ1v) is 6.44. The molecule has 1 aromatic heterocycles. The molecule has 1 unspecified atom stereocenters. The lowest BCUT2D eigenvalue weighted by Crippen LogP contribution is -2.18. The number of likely N-dealkylation sites (N-methyl/N-ethyl adjacent to an activating group) is 1. The normalized spacial score (nSPS) is 12.6. The highest BCUT2D eigenvalue weighted by atomic mass is 79.9. The molecule has 0 fully saturated rings. The van der Waals surface area contributed by atoms with Crippen molar-refractivity contribution in [3.63, 3.8) is 0 Å². The van der Waals surface area contributed by atoms with Gasteiger partial charge in [-0.1, -0.05) is 28.1 Å². The Morgan fingerprint density at radius 2 is 2.18 bits per heavy atom. The summed E-state index contributed by atoms with van der Waals surface area (Å²) in [7, 11) is 1.99. The van der Waals surface area contributed by atoms with Gasteiger partial charge in [0, 0.05) is 10.5 Å². The maximum Gasteiger partial charge on any atom is 0.0935 e. The molecule has 0 aliphatic carbocycles. The van der Waals surface area contributed by atoms with Gasteiger partial charge in [0.15, 0.2) is 0 Å². The molecule has 1 atom stereocenters. The Labute approximate surface area is 110 Å². The predicted molar refractivity (Wildman–Crippen MR) is 73.1 cm³/mol. The number of nitrogens with one attached hydrogen (secondary N) is 1. The maximum absolute atomic E-state index is 5.10. The van der Waals surface area contributed by atoms with E-state index in [2.05, 4.69) is 46.4 Å². The summed E-state index contributed by atoms with van der Waals surface area (Å²) in [4.78, 5) is 0. The van der Waals surface area contributed by atoms with Crippen LogP contribution in [-0.2, 0) is 6.42 Å². The molecule has 0 aliphatic rings. The Balaban J connectivity index is 2.20. The number of aryl methyl sites for hydroxylation is 1. The van der Waals surface area contributed by atoms with Gasteiger partial charge in [0.25, 0.3) is 0 Å². The molecule has 90 valence electrons. The lowest BCUT2D eigenvalue weighted by molar-refractivity contribution is 0.551. The van der Waals surface area contributed by atoms with E-state index < -0.39 is 0 Å². The fraction of sp³-hybridized carbons (Fsp3) is 0.286. The minimum absolute atomic E-state index is 0.319. The molecule has 1 N–H and O–H groups in total. The van der Waals surface area contributed by atoms with Gasteiger partial charge in [0.05, 0.1) is 12.5 Å². The van der Waals surface area contributed by atoms with Crippen LogP contribution in [0.3, 0.4) is 0 Å². The van der Waals surface area contributed by atoms with E-state index in [4.69, 9.17) is 4.42 Å². The summed E-state index contributed by atoms with van der Waals surface area (Å²) in [5, 5.41) is 3.35. The van der Waals surface area contributed by atoms with Gasteiger partial charge in [-0.05, 0) is 49.2 Å². The van der Waals surface area contributed by atoms with Gasteiger partial charge in [0.2, 0.25) is 0 Å². The molecule has 2 rings (SSSR count). The summed E-state index contributed by atoms with van der Waals surface area (Å²) >= 11 is 3.53. The molecule has 0 aliphatic heterocycles. The molecule has 0 saturated heterocycles. The van der Waals surface area contributed by atoms with E-state index in [1.807, 2.05) is 13.1 Å². The Kier molecular flexibility index (Phi) is 4.02. The molecule has 3 heteroatoms. The van der Waals surface area contributed by atoms with Gasteiger partial charge < -0.3 is 9.73 Å². The molecular weight excluding hydrogens is 278 g/mol. The van der Waals surface area contributed by atoms with Gasteiger partial charge >= 0.3 is 0 Å². The monoisotopic (exact) mass is 293 g/mol. The number of hydrogen-bond donors (Lipinski definition) is 1. The van der Waals surface area contributed by atoms with Crippen molar-refractivity contribution < 1.29 is 4.42 Å². The third kappa shape index (κ3) is 2.99. The largest absolute Gasteiger partial charge is 0.472 e. The van der Waals surface area contributed by atoms with Crippen LogP contribution in [-0.4, -0.2) is 7.05 Å². The number of furan rings is 1. The van der Waals surface area contributed by atoms with Crippen LogP contribution in [0.15, 0.2) is 45.7 Å². The van der Waals surface area contributed by atoms with E-state index in [9.17, 15) is 0 Å². The molecule has 0 radical (unpaired) electrons. The SMILES string of the molecule is CNC(Cc1ccoc1)c1ccc(Br)c(C)c1. The predicted octanol–water partition coefficient (Wildman–Crippen LogP) is 3.85. The zero-order valence-corrected chi connectivity index (χ0v) is 11.6. The molecule has 1 heterocycles. The van der Waals surface area contributed by atoms with Crippen molar-refractivity contribution in [1.82, 2.24) is 5.32 Å². The van der Waals surface area contributed by atoms with E-state index in [0.29, 0.717) is 6.04 Å². The Bertz CT molecular complexity index is 479. The molecule has 17 heavy (non-hydrogen) atoms. The maximum atomic E-state index is 5.10. The summed E-state index contributed by atoms with van der Waals surface area (Å²) < 4.78 is 6.26. The van der Waals surface area contributed by atoms with E-state index in [1.54, 1.807) is 12.5 Å². The van der Waals surface area contributed by atoms with Crippen LogP contribution < -0.4 is 5.32 Å². The molecule has 2 nitrogen and oxygen atoms in total. The van der Waals surface area contributed by atoms with Crippen LogP contribution in [0.25, 0.3) is 0 Å². The Morgan fingerprint density at radius 3 is 2.76 bits per heavy atom. The first-order chi connectivity index (χ1) is 8.20. The third-order valence-electron chi connectivity index (χ3n) is 2.95. The lowest BCUT2D eigenvalue weighted by atomic mass is 9.99. The number of halogens is 1. The summed E-state index contributed by atoms with van der Waals surface area (Å²) in [6.45, 7) is 2.11. The van der Waals surface area contributed by atoms with Crippen LogP contribution >= 0.6 is 15.9 Å². The first-order valence-electron chi connectivity index (χ1n) is 5.65. The van der Waals surface area contributed by atoms with Crippen molar-refractivity contribution in [3.05, 3.63) is 58.0 Å². The second kappa shape index (κ2) is 5.52. The molecule has 1 aromatic carbocycles. The van der Waals surface area contributed by atoms with Gasteiger partial charge in [-0.2, -0.15) is 0 Å². The van der Waals surface area contributed by atoms with Crippen molar-refractivity contribution in [3.8, 4) is 0 Å². The minimum Gasteiger partial charge on any atom is -0.472 e. The van der Waals surface area contributed by atoms with E-state index in [0.717, 1.165) is 10.9 Å². The number of benzene rings is 1. The highest BCUT2D eigenvalue weighted by Crippen LogP contribution is 2.23. The van der Waals surface area contributed by atoms with Crippen LogP contribution in [0.2, 0.25) is 0 Å². The molecule has 0 bridgehead atoms. The molecule has 0 spiro atoms. The standard InChI is InChI=1S/C14H16BrNO/c1-10-7-12(3-4-13(10)15)14(16-2)8-11-5-6-17-9-11/h3-7,9,14,16H,8H2,1-2H3. The fourth-order valence-electron chi connectivity index (χ4n) is 1.92. The van der Waals surface area contributed by atoms with Crippen LogP contribution in [0.1, 0.15) is 22.7 Å². The Hall–Kier alpha value is -1.06. The van der Waals surface area contributed by atoms with E-state index in [1.165, 1.54) is 16.7 Å². The van der Waals surface area contributed by atoms with Crippen molar-refractivity contribution >= 4 is 15.9 Å². The third-order valence-corrected chi connectivity index (χ3v) is 3.84. The molecule has 2 aromatic rings. The van der Waals surface area contributed by atoms with Gasteiger partial charge in [-0.3, -0.25) is 0 Å². The average Bonchev–Trinajstić information content (AvgIpc) is 2.82. The van der Waals surface area contributed by atoms with Crippen LogP contribution in [0.4, 0.5) is 0 Å². The summed E-state index contributed by atoms with van der Waals surface area (Å²) in [6.07, 6.45) is 4.46. The highest BCUT2D eigenvalue weighted by molar-refractivity contribution is 9.10. The minimum atomic E-state index is 0.319. The van der Waals surface area contributed by atoms with Crippen molar-refractivity contribution in [1.29, 1.82) is 0 Å². The number of hydrogen-bond acceptors (Lipinski definition) is 2. The fourth-order valence-corrected chi connectivity index (χ4v) is 2.16. The lowest BCUT2D eigenvalue weighted by Gasteiger charge is -2.16. The topological polar surface area (TPSA) is 25.2 Å². The van der Waals surface area contributed by atoms with Crippen LogP contribution in [0.5, 0.6) is 0 Å². The summed E-state index contributed by atoms with van der Waals surface area (Å²) in [6, 6.07) is 8.80. The molecule has 0 saturated carbocycles. The van der Waals surface area contributed by atoms with Crippen molar-refractivity contribution in [2.75, 3.05) is 7.05 Å². The second-order valence-electron chi connectivity index (χ2n) is 4.19. The van der Waals surface area contributed by atoms with Crippen molar-refractivity contribution in [2.24, 2.45) is 0 Å². The molecular formula is C14H16BrNO. The number of rotatable bonds is 4. The first kappa shape index (κ1) is 12.4. The smallest absolute Gasteiger partial charge is 0.0935 e. The van der Waals surface area contributed by atoms with E-state index >= 15 is 0 Å². The van der Waals surface area contributed by atoms with Gasteiger partial charge in [0.1, 0.15) is 0 Å². The molecule has 0 amide bonds. The quantitative estimate of drug-likeness (QED) is 0.926. The Morgan fingerprint density at radius 1 is 1.35 bits per heavy atom. The zero-order chi connectivity index (χ0) is 12.3. The zero-order valence-electron chi connectivity index (χ0n) is 10.0. The van der Waals surface area contributed by atoms with Gasteiger partial charge in [-0.15, -0.1) is 0 Å². The highest BCUT2D eigenvalue weighted by Gasteiger charge is 2.11. The van der Waals surface area contributed by atoms with Crippen LogP contribution in [0, 0.1) is 6.92 Å². The second-order valence-corrected chi connectivity index (χ2v) is 5.04. The summed E-state index contributed by atoms with van der Waals surface area (Å²) in [5.74, 6) is 0. The van der Waals surface area contributed by atoms with E-state index in [-0.39, 0.29) is 0 Å². The van der Waals surface area contributed by atoms with Gasteiger partial charge in [-0.25, -0.2) is 0 Å². The van der Waals surface area contributed by atoms with Crippen molar-refractivity contribution in [2.45, 2.75) is 19.4 Å².